The van der Waals surface area contributed by atoms with Gasteiger partial charge in [0.2, 0.25) is 0 Å². The molecular formula is C12H8BrNO2S. The fourth-order valence-electron chi connectivity index (χ4n) is 1.94. The number of aromatic nitrogens is 1. The molecule has 0 unspecified atom stereocenters. The van der Waals surface area contributed by atoms with Crippen LogP contribution in [0.15, 0.2) is 32.8 Å². The second-order valence-corrected chi connectivity index (χ2v) is 5.33. The Morgan fingerprint density at radius 3 is 2.94 bits per heavy atom. The summed E-state index contributed by atoms with van der Waals surface area (Å²) in [7, 11) is 1.63. The van der Waals surface area contributed by atoms with Gasteiger partial charge in [-0.2, -0.15) is 0 Å². The highest BCUT2D eigenvalue weighted by molar-refractivity contribution is 9.10. The highest BCUT2D eigenvalue weighted by Gasteiger charge is 2.12. The predicted molar refractivity (Wildman–Crippen MR) is 74.2 cm³/mol. The molecular weight excluding hydrogens is 302 g/mol. The van der Waals surface area contributed by atoms with Gasteiger partial charge in [-0.15, -0.1) is 11.3 Å². The monoisotopic (exact) mass is 309 g/mol. The van der Waals surface area contributed by atoms with E-state index in [0.29, 0.717) is 0 Å². The largest absolute Gasteiger partial charge is 0.496 e. The third kappa shape index (κ3) is 1.50. The number of pyridine rings is 1. The van der Waals surface area contributed by atoms with Crippen LogP contribution in [0.3, 0.4) is 0 Å². The average molecular weight is 310 g/mol. The van der Waals surface area contributed by atoms with Crippen LogP contribution in [0.25, 0.3) is 21.0 Å². The number of hydrogen-bond donors (Lipinski definition) is 1. The lowest BCUT2D eigenvalue weighted by Gasteiger charge is -2.07. The van der Waals surface area contributed by atoms with Crippen LogP contribution in [0.5, 0.6) is 5.75 Å². The van der Waals surface area contributed by atoms with Crippen LogP contribution in [0.2, 0.25) is 0 Å². The number of hydrogen-bond acceptors (Lipinski definition) is 3. The van der Waals surface area contributed by atoms with Crippen molar-refractivity contribution in [3.8, 4) is 5.75 Å². The molecule has 3 nitrogen and oxygen atoms in total. The van der Waals surface area contributed by atoms with Crippen LogP contribution in [0.4, 0.5) is 0 Å². The molecule has 0 aliphatic carbocycles. The van der Waals surface area contributed by atoms with Gasteiger partial charge in [0.05, 0.1) is 17.1 Å². The normalized spacial score (nSPS) is 11.2. The van der Waals surface area contributed by atoms with Crippen LogP contribution >= 0.6 is 27.3 Å². The molecule has 5 heteroatoms. The first-order valence-electron chi connectivity index (χ1n) is 4.98. The van der Waals surface area contributed by atoms with E-state index < -0.39 is 0 Å². The van der Waals surface area contributed by atoms with Crippen LogP contribution in [-0.2, 0) is 0 Å². The molecule has 17 heavy (non-hydrogen) atoms. The Kier molecular flexibility index (Phi) is 2.45. The molecule has 0 atom stereocenters. The van der Waals surface area contributed by atoms with E-state index in [2.05, 4.69) is 20.9 Å². The average Bonchev–Trinajstić information content (AvgIpc) is 2.79. The molecule has 0 saturated carbocycles. The van der Waals surface area contributed by atoms with Crippen LogP contribution in [-0.4, -0.2) is 12.1 Å². The summed E-state index contributed by atoms with van der Waals surface area (Å²) in [6.45, 7) is 0. The SMILES string of the molecule is COc1ccc2[nH]c(=O)c3sccc3c2c1Br. The molecule has 0 aliphatic rings. The van der Waals surface area contributed by atoms with E-state index in [0.717, 1.165) is 31.2 Å². The van der Waals surface area contributed by atoms with Gasteiger partial charge in [-0.3, -0.25) is 4.79 Å². The zero-order valence-electron chi connectivity index (χ0n) is 8.91. The smallest absolute Gasteiger partial charge is 0.266 e. The number of thiophene rings is 1. The molecule has 0 amide bonds. The van der Waals surface area contributed by atoms with Gasteiger partial charge in [0.25, 0.3) is 5.56 Å². The highest BCUT2D eigenvalue weighted by Crippen LogP contribution is 2.36. The maximum Gasteiger partial charge on any atom is 0.266 e. The number of methoxy groups -OCH3 is 1. The summed E-state index contributed by atoms with van der Waals surface area (Å²) in [5.74, 6) is 0.761. The minimum Gasteiger partial charge on any atom is -0.496 e. The van der Waals surface area contributed by atoms with Crippen LogP contribution in [0, 0.1) is 0 Å². The Bertz CT molecular complexity index is 775. The number of ether oxygens (including phenoxy) is 1. The zero-order chi connectivity index (χ0) is 12.0. The predicted octanol–water partition coefficient (Wildman–Crippen LogP) is 3.51. The Balaban J connectivity index is 2.62. The molecule has 0 aliphatic heterocycles. The van der Waals surface area contributed by atoms with E-state index in [1.165, 1.54) is 11.3 Å². The molecule has 1 aromatic carbocycles. The van der Waals surface area contributed by atoms with Crippen molar-refractivity contribution in [2.45, 2.75) is 0 Å². The van der Waals surface area contributed by atoms with E-state index in [4.69, 9.17) is 4.74 Å². The molecule has 0 saturated heterocycles. The van der Waals surface area contributed by atoms with Crippen LogP contribution < -0.4 is 10.3 Å². The number of rotatable bonds is 1. The maximum atomic E-state index is 11.8. The summed E-state index contributed by atoms with van der Waals surface area (Å²) in [6, 6.07) is 5.65. The molecule has 0 radical (unpaired) electrons. The third-order valence-corrected chi connectivity index (χ3v) is 4.42. The van der Waals surface area contributed by atoms with Crippen molar-refractivity contribution in [2.24, 2.45) is 0 Å². The second kappa shape index (κ2) is 3.85. The summed E-state index contributed by atoms with van der Waals surface area (Å²) < 4.78 is 6.89. The van der Waals surface area contributed by atoms with Gasteiger partial charge in [-0.25, -0.2) is 0 Å². The van der Waals surface area contributed by atoms with Crippen molar-refractivity contribution in [1.82, 2.24) is 4.98 Å². The number of H-pyrrole nitrogens is 1. The third-order valence-electron chi connectivity index (χ3n) is 2.72. The number of aromatic amines is 1. The molecule has 0 fully saturated rings. The first-order chi connectivity index (χ1) is 8.22. The molecule has 0 bridgehead atoms. The second-order valence-electron chi connectivity index (χ2n) is 3.62. The summed E-state index contributed by atoms with van der Waals surface area (Å²) >= 11 is 4.98. The maximum absolute atomic E-state index is 11.8. The van der Waals surface area contributed by atoms with Crippen molar-refractivity contribution in [1.29, 1.82) is 0 Å². The lowest BCUT2D eigenvalue weighted by atomic mass is 10.1. The molecule has 0 spiro atoms. The summed E-state index contributed by atoms with van der Waals surface area (Å²) in [4.78, 5) is 14.7. The van der Waals surface area contributed by atoms with Gasteiger partial charge in [0.15, 0.2) is 0 Å². The topological polar surface area (TPSA) is 42.1 Å². The van der Waals surface area contributed by atoms with Crippen molar-refractivity contribution >= 4 is 48.3 Å². The highest BCUT2D eigenvalue weighted by atomic mass is 79.9. The Morgan fingerprint density at radius 1 is 1.35 bits per heavy atom. The van der Waals surface area contributed by atoms with Gasteiger partial charge < -0.3 is 9.72 Å². The molecule has 1 N–H and O–H groups in total. The summed E-state index contributed by atoms with van der Waals surface area (Å²) in [6.07, 6.45) is 0. The zero-order valence-corrected chi connectivity index (χ0v) is 11.3. The molecule has 86 valence electrons. The van der Waals surface area contributed by atoms with Crippen molar-refractivity contribution < 1.29 is 4.74 Å². The number of nitrogens with one attached hydrogen (secondary N) is 1. The van der Waals surface area contributed by atoms with Gasteiger partial charge >= 0.3 is 0 Å². The Labute approximate surface area is 109 Å². The lowest BCUT2D eigenvalue weighted by Crippen LogP contribution is -2.04. The standard InChI is InChI=1S/C12H8BrNO2S/c1-16-8-3-2-7-9(10(8)13)6-4-5-17-11(6)12(15)14-7/h2-5H,1H3,(H,14,15). The van der Waals surface area contributed by atoms with E-state index >= 15 is 0 Å². The fourth-order valence-corrected chi connectivity index (χ4v) is 3.46. The van der Waals surface area contributed by atoms with Crippen molar-refractivity contribution in [2.75, 3.05) is 7.11 Å². The van der Waals surface area contributed by atoms with Gasteiger partial charge in [0, 0.05) is 10.8 Å². The number of benzene rings is 1. The Morgan fingerprint density at radius 2 is 2.18 bits per heavy atom. The summed E-state index contributed by atoms with van der Waals surface area (Å²) in [5.41, 5.74) is 0.771. The van der Waals surface area contributed by atoms with Crippen molar-refractivity contribution in [3.05, 3.63) is 38.4 Å². The minimum atomic E-state index is -0.0421. The van der Waals surface area contributed by atoms with Gasteiger partial charge in [0.1, 0.15) is 10.4 Å². The lowest BCUT2D eigenvalue weighted by molar-refractivity contribution is 0.413. The number of halogens is 1. The molecule has 3 rings (SSSR count). The molecule has 3 aromatic rings. The van der Waals surface area contributed by atoms with E-state index in [1.54, 1.807) is 7.11 Å². The van der Waals surface area contributed by atoms with Gasteiger partial charge in [-0.05, 0) is 39.5 Å². The fraction of sp³-hybridized carbons (Fsp3) is 0.0833. The quantitative estimate of drug-likeness (QED) is 0.747. The molecule has 2 aromatic heterocycles. The van der Waals surface area contributed by atoms with Crippen molar-refractivity contribution in [3.63, 3.8) is 0 Å². The van der Waals surface area contributed by atoms with E-state index in [1.807, 2.05) is 23.6 Å². The van der Waals surface area contributed by atoms with Crippen LogP contribution in [0.1, 0.15) is 0 Å². The Hall–Kier alpha value is -1.33. The van der Waals surface area contributed by atoms with E-state index in [9.17, 15) is 4.79 Å². The first kappa shape index (κ1) is 10.8. The first-order valence-corrected chi connectivity index (χ1v) is 6.65. The number of fused-ring (bicyclic) bond motifs is 3. The van der Waals surface area contributed by atoms with Gasteiger partial charge in [-0.1, -0.05) is 0 Å². The van der Waals surface area contributed by atoms with E-state index in [-0.39, 0.29) is 5.56 Å². The minimum absolute atomic E-state index is 0.0421. The summed E-state index contributed by atoms with van der Waals surface area (Å²) in [5, 5.41) is 3.87. The molecule has 2 heterocycles.